The molecular weight excluding hydrogens is 268 g/mol. The average Bonchev–Trinajstić information content (AvgIpc) is 2.39. The van der Waals surface area contributed by atoms with Crippen LogP contribution in [0.25, 0.3) is 0 Å². The van der Waals surface area contributed by atoms with E-state index in [2.05, 4.69) is 54.7 Å². The van der Waals surface area contributed by atoms with Crippen LogP contribution < -0.4 is 10.6 Å². The smallest absolute Gasteiger partial charge is 0.191 e. The number of nitrogens with one attached hydrogen (secondary N) is 2. The zero-order valence-electron chi connectivity index (χ0n) is 14.2. The molecule has 0 aromatic rings. The van der Waals surface area contributed by atoms with Gasteiger partial charge in [0.1, 0.15) is 0 Å². The van der Waals surface area contributed by atoms with Gasteiger partial charge in [0.15, 0.2) is 5.96 Å². The quantitative estimate of drug-likeness (QED) is 0.369. The monoisotopic (exact) mass is 302 g/mol. The molecule has 0 aromatic carbocycles. The minimum atomic E-state index is 0.546. The third-order valence-corrected chi connectivity index (χ3v) is 3.97. The minimum absolute atomic E-state index is 0.546. The molecule has 0 bridgehead atoms. The highest BCUT2D eigenvalue weighted by Gasteiger charge is 2.13. The summed E-state index contributed by atoms with van der Waals surface area (Å²) in [4.78, 5) is 6.58. The number of aliphatic imine (C=N–C) groups is 1. The van der Waals surface area contributed by atoms with E-state index in [0.29, 0.717) is 12.0 Å². The van der Waals surface area contributed by atoms with E-state index in [1.54, 1.807) is 0 Å². The van der Waals surface area contributed by atoms with Crippen LogP contribution in [0.2, 0.25) is 0 Å². The largest absolute Gasteiger partial charge is 0.356 e. The second kappa shape index (κ2) is 12.3. The third kappa shape index (κ3) is 10.4. The summed E-state index contributed by atoms with van der Waals surface area (Å²) in [5.74, 6) is 2.88. The Kier molecular flexibility index (Phi) is 12.1. The number of rotatable bonds is 10. The molecule has 0 fully saturated rings. The Balaban J connectivity index is 3.97. The Morgan fingerprint density at radius 2 is 1.90 bits per heavy atom. The van der Waals surface area contributed by atoms with Crippen molar-refractivity contribution in [2.45, 2.75) is 39.2 Å². The summed E-state index contributed by atoms with van der Waals surface area (Å²) in [6, 6.07) is 0.546. The van der Waals surface area contributed by atoms with Crippen LogP contribution in [0.1, 0.15) is 33.1 Å². The molecule has 1 unspecified atom stereocenters. The summed E-state index contributed by atoms with van der Waals surface area (Å²) in [5, 5.41) is 6.83. The second-order valence-electron chi connectivity index (χ2n) is 5.83. The molecule has 0 aromatic heterocycles. The fourth-order valence-corrected chi connectivity index (χ4v) is 2.53. The summed E-state index contributed by atoms with van der Waals surface area (Å²) >= 11 is 1.91. The van der Waals surface area contributed by atoms with Crippen molar-refractivity contribution in [3.8, 4) is 0 Å². The Bertz CT molecular complexity index is 254. The van der Waals surface area contributed by atoms with Crippen LogP contribution in [0, 0.1) is 5.92 Å². The van der Waals surface area contributed by atoms with E-state index in [0.717, 1.165) is 19.0 Å². The summed E-state index contributed by atoms with van der Waals surface area (Å²) in [6.45, 7) is 6.48. The molecule has 4 nitrogen and oxygen atoms in total. The highest BCUT2D eigenvalue weighted by molar-refractivity contribution is 7.98. The lowest BCUT2D eigenvalue weighted by Gasteiger charge is -2.27. The number of guanidine groups is 1. The Labute approximate surface area is 130 Å². The van der Waals surface area contributed by atoms with E-state index in [4.69, 9.17) is 0 Å². The number of likely N-dealkylation sites (N-methyl/N-ethyl adjacent to an activating group) is 1. The van der Waals surface area contributed by atoms with Gasteiger partial charge in [-0.05, 0) is 51.3 Å². The zero-order chi connectivity index (χ0) is 15.4. The van der Waals surface area contributed by atoms with Gasteiger partial charge in [0.25, 0.3) is 0 Å². The van der Waals surface area contributed by atoms with Crippen LogP contribution in [0.4, 0.5) is 0 Å². The molecule has 0 aliphatic carbocycles. The van der Waals surface area contributed by atoms with Crippen molar-refractivity contribution < 1.29 is 0 Å². The van der Waals surface area contributed by atoms with Gasteiger partial charge in [0, 0.05) is 26.2 Å². The first-order chi connectivity index (χ1) is 9.51. The van der Waals surface area contributed by atoms with Gasteiger partial charge < -0.3 is 15.5 Å². The van der Waals surface area contributed by atoms with E-state index in [9.17, 15) is 0 Å². The van der Waals surface area contributed by atoms with Crippen molar-refractivity contribution in [3.05, 3.63) is 0 Å². The third-order valence-electron chi connectivity index (χ3n) is 3.27. The minimum Gasteiger partial charge on any atom is -0.356 e. The SMILES string of the molecule is CN=C(NCCCCSC)NCC(CC(C)C)N(C)C. The second-order valence-corrected chi connectivity index (χ2v) is 6.81. The normalized spacial score (nSPS) is 13.9. The molecule has 0 amide bonds. The first kappa shape index (κ1) is 19.6. The molecular formula is C15H34N4S. The number of nitrogens with zero attached hydrogens (tertiary/aromatic N) is 2. The van der Waals surface area contributed by atoms with Crippen molar-refractivity contribution in [3.63, 3.8) is 0 Å². The zero-order valence-corrected chi connectivity index (χ0v) is 15.0. The summed E-state index contributed by atoms with van der Waals surface area (Å²) < 4.78 is 0. The maximum absolute atomic E-state index is 4.29. The molecule has 120 valence electrons. The number of unbranched alkanes of at least 4 members (excludes halogenated alkanes) is 1. The number of hydrogen-bond acceptors (Lipinski definition) is 3. The van der Waals surface area contributed by atoms with E-state index in [1.807, 2.05) is 18.8 Å². The topological polar surface area (TPSA) is 39.7 Å². The van der Waals surface area contributed by atoms with Crippen molar-refractivity contribution in [2.75, 3.05) is 46.2 Å². The maximum Gasteiger partial charge on any atom is 0.191 e. The van der Waals surface area contributed by atoms with Crippen molar-refractivity contribution in [1.29, 1.82) is 0 Å². The molecule has 0 aliphatic rings. The highest BCUT2D eigenvalue weighted by Crippen LogP contribution is 2.07. The first-order valence-corrected chi connectivity index (χ1v) is 9.00. The van der Waals surface area contributed by atoms with Gasteiger partial charge in [0.2, 0.25) is 0 Å². The molecule has 0 saturated heterocycles. The molecule has 0 aliphatic heterocycles. The van der Waals surface area contributed by atoms with Crippen LogP contribution in [-0.4, -0.2) is 63.1 Å². The van der Waals surface area contributed by atoms with Crippen LogP contribution in [0.3, 0.4) is 0 Å². The van der Waals surface area contributed by atoms with Gasteiger partial charge in [0.05, 0.1) is 0 Å². The van der Waals surface area contributed by atoms with Gasteiger partial charge in [-0.3, -0.25) is 4.99 Å². The molecule has 2 N–H and O–H groups in total. The van der Waals surface area contributed by atoms with Gasteiger partial charge >= 0.3 is 0 Å². The fourth-order valence-electron chi connectivity index (χ4n) is 2.03. The predicted octanol–water partition coefficient (Wildman–Crippen LogP) is 2.27. The molecule has 20 heavy (non-hydrogen) atoms. The van der Waals surface area contributed by atoms with Crippen molar-refractivity contribution in [1.82, 2.24) is 15.5 Å². The lowest BCUT2D eigenvalue weighted by atomic mass is 10.0. The Morgan fingerprint density at radius 3 is 2.40 bits per heavy atom. The molecule has 0 rings (SSSR count). The first-order valence-electron chi connectivity index (χ1n) is 7.61. The van der Waals surface area contributed by atoms with E-state index in [1.165, 1.54) is 25.0 Å². The number of hydrogen-bond donors (Lipinski definition) is 2. The van der Waals surface area contributed by atoms with E-state index in [-0.39, 0.29) is 0 Å². The van der Waals surface area contributed by atoms with Crippen LogP contribution in [-0.2, 0) is 0 Å². The summed E-state index contributed by atoms with van der Waals surface area (Å²) in [6.07, 6.45) is 5.82. The van der Waals surface area contributed by atoms with Crippen LogP contribution in [0.15, 0.2) is 4.99 Å². The van der Waals surface area contributed by atoms with E-state index >= 15 is 0 Å². The van der Waals surface area contributed by atoms with Gasteiger partial charge in [-0.1, -0.05) is 13.8 Å². The average molecular weight is 303 g/mol. The lowest BCUT2D eigenvalue weighted by Crippen LogP contribution is -2.45. The Hall–Kier alpha value is -0.420. The van der Waals surface area contributed by atoms with Gasteiger partial charge in [-0.25, -0.2) is 0 Å². The summed E-state index contributed by atoms with van der Waals surface area (Å²) in [5.41, 5.74) is 0. The van der Waals surface area contributed by atoms with Crippen molar-refractivity contribution >= 4 is 17.7 Å². The van der Waals surface area contributed by atoms with Crippen molar-refractivity contribution in [2.24, 2.45) is 10.9 Å². The fraction of sp³-hybridized carbons (Fsp3) is 0.933. The lowest BCUT2D eigenvalue weighted by molar-refractivity contribution is 0.254. The highest BCUT2D eigenvalue weighted by atomic mass is 32.2. The Morgan fingerprint density at radius 1 is 1.20 bits per heavy atom. The van der Waals surface area contributed by atoms with Gasteiger partial charge in [-0.2, -0.15) is 11.8 Å². The van der Waals surface area contributed by atoms with E-state index < -0.39 is 0 Å². The van der Waals surface area contributed by atoms with Crippen LogP contribution >= 0.6 is 11.8 Å². The standard InChI is InChI=1S/C15H34N4S/c1-13(2)11-14(19(4)5)12-18-15(16-3)17-9-7-8-10-20-6/h13-14H,7-12H2,1-6H3,(H2,16,17,18). The molecule has 0 heterocycles. The molecule has 5 heteroatoms. The molecule has 0 radical (unpaired) electrons. The summed E-state index contributed by atoms with van der Waals surface area (Å²) in [7, 11) is 6.13. The molecule has 1 atom stereocenters. The predicted molar refractivity (Wildman–Crippen MR) is 93.9 cm³/mol. The maximum atomic E-state index is 4.29. The number of thioether (sulfide) groups is 1. The molecule has 0 saturated carbocycles. The van der Waals surface area contributed by atoms with Crippen LogP contribution in [0.5, 0.6) is 0 Å². The van der Waals surface area contributed by atoms with Gasteiger partial charge in [-0.15, -0.1) is 0 Å². The molecule has 0 spiro atoms.